The van der Waals surface area contributed by atoms with E-state index < -0.39 is 0 Å². The number of nitrogens with zero attached hydrogens (tertiary/aromatic N) is 3. The Morgan fingerprint density at radius 1 is 0.805 bits per heavy atom. The number of para-hydroxylation sites is 2. The third-order valence-corrected chi connectivity index (χ3v) is 7.74. The molecule has 0 amide bonds. The largest absolute Gasteiger partial charge is 0.494 e. The van der Waals surface area contributed by atoms with Gasteiger partial charge in [0, 0.05) is 38.4 Å². The Bertz CT molecular complexity index is 1780. The van der Waals surface area contributed by atoms with E-state index in [9.17, 15) is 0 Å². The Labute approximate surface area is 256 Å². The van der Waals surface area contributed by atoms with Crippen molar-refractivity contribution in [2.24, 2.45) is 0 Å². The van der Waals surface area contributed by atoms with Gasteiger partial charge in [-0.3, -0.25) is 0 Å². The predicted molar refractivity (Wildman–Crippen MR) is 164 cm³/mol. The summed E-state index contributed by atoms with van der Waals surface area (Å²) in [6.45, 7) is 11.0. The van der Waals surface area contributed by atoms with Crippen molar-refractivity contribution in [2.45, 2.75) is 46.1 Å². The van der Waals surface area contributed by atoms with E-state index in [0.29, 0.717) is 6.04 Å². The first-order valence-electron chi connectivity index (χ1n) is 13.8. The van der Waals surface area contributed by atoms with Crippen LogP contribution in [0.1, 0.15) is 44.4 Å². The fourth-order valence-electron chi connectivity index (χ4n) is 5.59. The van der Waals surface area contributed by atoms with Crippen LogP contribution < -0.4 is 4.58 Å². The molecule has 5 aromatic rings. The molecular formula is C37H33IrN3. The van der Waals surface area contributed by atoms with Gasteiger partial charge in [0.15, 0.2) is 6.04 Å². The van der Waals surface area contributed by atoms with Crippen molar-refractivity contribution >= 4 is 23.1 Å². The Hall–Kier alpha value is -3.94. The minimum atomic E-state index is -0.00719. The van der Waals surface area contributed by atoms with Gasteiger partial charge in [-0.25, -0.2) is 0 Å². The van der Waals surface area contributed by atoms with E-state index in [1.54, 1.807) is 0 Å². The summed E-state index contributed by atoms with van der Waals surface area (Å²) in [5.74, 6) is 0. The van der Waals surface area contributed by atoms with Gasteiger partial charge in [-0.2, -0.15) is 6.07 Å². The summed E-state index contributed by atoms with van der Waals surface area (Å²) in [6.07, 6.45) is 1.87. The molecule has 1 aliphatic heterocycles. The molecule has 0 N–H and O–H groups in total. The molecule has 41 heavy (non-hydrogen) atoms. The maximum atomic E-state index is 4.32. The Kier molecular flexibility index (Phi) is 8.02. The molecule has 0 unspecified atom stereocenters. The topological polar surface area (TPSA) is 18.9 Å². The van der Waals surface area contributed by atoms with Gasteiger partial charge in [-0.15, -0.1) is 53.1 Å². The molecule has 4 heteroatoms. The fraction of sp³-hybridized carbons (Fsp3) is 0.189. The molecule has 205 valence electrons. The zero-order valence-corrected chi connectivity index (χ0v) is 26.5. The molecule has 3 nitrogen and oxygen atoms in total. The van der Waals surface area contributed by atoms with Gasteiger partial charge in [-0.1, -0.05) is 83.2 Å². The maximum absolute atomic E-state index is 4.32. The molecule has 1 radical (unpaired) electrons. The molecule has 0 saturated heterocycles. The van der Waals surface area contributed by atoms with Gasteiger partial charge in [0.2, 0.25) is 0 Å². The van der Waals surface area contributed by atoms with Crippen molar-refractivity contribution in [2.75, 3.05) is 0 Å². The van der Waals surface area contributed by atoms with Gasteiger partial charge in [0.05, 0.1) is 0 Å². The van der Waals surface area contributed by atoms with E-state index in [1.165, 1.54) is 33.5 Å². The SMILES string of the molecule is CC(C)[N+]1=C=[N+](c2[c-]cc3c(c2)C(C)(C)c2ccccc2-3)c2ccccc21.Cc1ccc(-c2[c-]cccc2)nc1.[Ir]. The number of aromatic nitrogens is 1. The summed E-state index contributed by atoms with van der Waals surface area (Å²) >= 11 is 0. The number of hydrogen-bond acceptors (Lipinski definition) is 1. The first kappa shape index (κ1) is 28.6. The maximum Gasteiger partial charge on any atom is 0.494 e. The molecule has 0 fully saturated rings. The van der Waals surface area contributed by atoms with Crippen molar-refractivity contribution in [3.63, 3.8) is 0 Å². The predicted octanol–water partition coefficient (Wildman–Crippen LogP) is 8.72. The summed E-state index contributed by atoms with van der Waals surface area (Å²) < 4.78 is 4.35. The Balaban J connectivity index is 0.000000204. The van der Waals surface area contributed by atoms with Crippen LogP contribution in [-0.2, 0) is 25.5 Å². The van der Waals surface area contributed by atoms with E-state index >= 15 is 0 Å². The average molecular weight is 712 g/mol. The van der Waals surface area contributed by atoms with Gasteiger partial charge >= 0.3 is 6.01 Å². The summed E-state index contributed by atoms with van der Waals surface area (Å²) in [6, 6.07) is 44.2. The second kappa shape index (κ2) is 11.5. The molecule has 0 saturated carbocycles. The first-order valence-corrected chi connectivity index (χ1v) is 13.8. The van der Waals surface area contributed by atoms with Gasteiger partial charge in [-0.05, 0) is 43.0 Å². The summed E-state index contributed by atoms with van der Waals surface area (Å²) in [7, 11) is 0. The molecule has 0 spiro atoms. The van der Waals surface area contributed by atoms with E-state index in [4.69, 9.17) is 0 Å². The van der Waals surface area contributed by atoms with Crippen LogP contribution in [0.2, 0.25) is 0 Å². The van der Waals surface area contributed by atoms with Crippen LogP contribution in [0.25, 0.3) is 22.4 Å². The molecule has 0 atom stereocenters. The van der Waals surface area contributed by atoms with Crippen molar-refractivity contribution in [1.82, 2.24) is 9.56 Å². The minimum Gasteiger partial charge on any atom is -0.304 e. The normalized spacial score (nSPS) is 13.6. The first-order chi connectivity index (χ1) is 19.3. The smallest absolute Gasteiger partial charge is 0.304 e. The summed E-state index contributed by atoms with van der Waals surface area (Å²) in [4.78, 5) is 4.32. The van der Waals surface area contributed by atoms with E-state index in [2.05, 4.69) is 127 Å². The average Bonchev–Trinajstić information content (AvgIpc) is 3.48. The molecule has 7 rings (SSSR count). The minimum absolute atomic E-state index is 0. The van der Waals surface area contributed by atoms with Gasteiger partial charge in [0.1, 0.15) is 5.69 Å². The molecule has 1 aliphatic carbocycles. The molecule has 2 aliphatic rings. The van der Waals surface area contributed by atoms with E-state index in [-0.39, 0.29) is 25.5 Å². The monoisotopic (exact) mass is 712 g/mol. The molecular weight excluding hydrogens is 679 g/mol. The third kappa shape index (κ3) is 5.27. The molecule has 1 aromatic heterocycles. The van der Waals surface area contributed by atoms with E-state index in [1.807, 2.05) is 43.5 Å². The summed E-state index contributed by atoms with van der Waals surface area (Å²) in [5.41, 5.74) is 12.0. The third-order valence-electron chi connectivity index (χ3n) is 7.74. The second-order valence-electron chi connectivity index (χ2n) is 11.2. The number of pyridine rings is 1. The van der Waals surface area contributed by atoms with Crippen LogP contribution in [0, 0.1) is 19.1 Å². The number of hydrogen-bond donors (Lipinski definition) is 0. The standard InChI is InChI=1S/C25H23N2.C12H10N.Ir/c1-17(2)26-16-27(24-12-8-7-11-23(24)26)18-13-14-20-19-9-5-6-10-21(19)25(3,4)22(20)15-18;1-10-7-8-12(13-9-10)11-5-3-2-4-6-11;/h5-12,14-15,17H,1-4H3;2-5,7-9H,1H3;/q+1;-1;. The molecule has 0 bridgehead atoms. The Morgan fingerprint density at radius 2 is 1.54 bits per heavy atom. The fourth-order valence-corrected chi connectivity index (χ4v) is 5.59. The van der Waals surface area contributed by atoms with Crippen molar-refractivity contribution in [3.8, 4) is 22.4 Å². The van der Waals surface area contributed by atoms with Gasteiger partial charge in [0.25, 0.3) is 11.4 Å². The molecule has 2 heterocycles. The summed E-state index contributed by atoms with van der Waals surface area (Å²) in [5, 5.41) is 0. The quantitative estimate of drug-likeness (QED) is 0.135. The zero-order chi connectivity index (χ0) is 27.9. The van der Waals surface area contributed by atoms with Crippen molar-refractivity contribution < 1.29 is 24.7 Å². The van der Waals surface area contributed by atoms with Gasteiger partial charge < -0.3 is 4.98 Å². The zero-order valence-electron chi connectivity index (χ0n) is 24.1. The number of benzene rings is 4. The van der Waals surface area contributed by atoms with Crippen LogP contribution in [-0.4, -0.2) is 21.6 Å². The van der Waals surface area contributed by atoms with Crippen LogP contribution in [0.4, 0.5) is 17.1 Å². The molecule has 4 aromatic carbocycles. The number of aryl methyl sites for hydroxylation is 1. The van der Waals surface area contributed by atoms with Crippen LogP contribution >= 0.6 is 0 Å². The van der Waals surface area contributed by atoms with Crippen molar-refractivity contribution in [3.05, 3.63) is 132 Å². The van der Waals surface area contributed by atoms with Crippen LogP contribution in [0.5, 0.6) is 0 Å². The van der Waals surface area contributed by atoms with E-state index in [0.717, 1.165) is 22.6 Å². The van der Waals surface area contributed by atoms with Crippen LogP contribution in [0.3, 0.4) is 0 Å². The number of fused-ring (bicyclic) bond motifs is 4. The second-order valence-corrected chi connectivity index (χ2v) is 11.2. The Morgan fingerprint density at radius 3 is 2.24 bits per heavy atom. The van der Waals surface area contributed by atoms with Crippen molar-refractivity contribution in [1.29, 1.82) is 0 Å². The number of rotatable bonds is 3. The van der Waals surface area contributed by atoms with Crippen LogP contribution in [0.15, 0.2) is 103 Å².